The summed E-state index contributed by atoms with van der Waals surface area (Å²) in [5.74, 6) is -1.54. The number of nitrogens with zero attached hydrogens (tertiary/aromatic N) is 3. The normalized spacial score (nSPS) is 14.1. The molecule has 0 spiro atoms. The minimum absolute atomic E-state index is 0.166. The maximum Gasteiger partial charge on any atom is 0.357 e. The van der Waals surface area contributed by atoms with Crippen molar-refractivity contribution in [1.82, 2.24) is 14.9 Å². The van der Waals surface area contributed by atoms with E-state index in [1.54, 1.807) is 36.7 Å². The number of likely N-dealkylation sites (tertiary alicyclic amines) is 1. The van der Waals surface area contributed by atoms with Gasteiger partial charge in [-0.05, 0) is 55.8 Å². The number of thiazole rings is 1. The number of carboxylic acids is 1. The van der Waals surface area contributed by atoms with Crippen molar-refractivity contribution in [1.29, 1.82) is 0 Å². The van der Waals surface area contributed by atoms with Crippen molar-refractivity contribution < 1.29 is 14.7 Å². The molecule has 1 aliphatic rings. The summed E-state index contributed by atoms with van der Waals surface area (Å²) in [6.45, 7) is 3.12. The number of carbonyl (C=O) groups is 2. The number of amides is 1. The molecule has 1 fully saturated rings. The summed E-state index contributed by atoms with van der Waals surface area (Å²) in [5, 5.41) is 12.9. The van der Waals surface area contributed by atoms with Crippen molar-refractivity contribution in [2.24, 2.45) is 0 Å². The fourth-order valence-electron chi connectivity index (χ4n) is 3.30. The van der Waals surface area contributed by atoms with Crippen molar-refractivity contribution >= 4 is 28.2 Å². The summed E-state index contributed by atoms with van der Waals surface area (Å²) < 4.78 is 0. The lowest BCUT2D eigenvalue weighted by molar-refractivity contribution is 0.0692. The monoisotopic (exact) mass is 408 g/mol. The van der Waals surface area contributed by atoms with Crippen molar-refractivity contribution in [2.75, 3.05) is 18.4 Å². The Kier molecular flexibility index (Phi) is 5.64. The number of nitrogens with one attached hydrogen (secondary N) is 1. The third-order valence-corrected chi connectivity index (χ3v) is 5.82. The van der Waals surface area contributed by atoms with Crippen LogP contribution in [0.15, 0.2) is 48.8 Å². The van der Waals surface area contributed by atoms with Crippen LogP contribution < -0.4 is 5.32 Å². The standard InChI is InChI=1S/C21H20N4O3S/c26-18(15-5-3-14(4-6-15)13-25-11-1-2-12-25)24-20-17(21(27)28)23-19(29-20)16-7-9-22-10-8-16/h3-10H,1-2,11-13H2,(H,24,26)(H,27,28). The van der Waals surface area contributed by atoms with Gasteiger partial charge in [0.2, 0.25) is 0 Å². The van der Waals surface area contributed by atoms with Crippen LogP contribution in [-0.2, 0) is 6.54 Å². The van der Waals surface area contributed by atoms with Crippen LogP contribution in [0.25, 0.3) is 10.6 Å². The Bertz CT molecular complexity index is 1010. The molecular formula is C21H20N4O3S. The Hall–Kier alpha value is -3.10. The quantitative estimate of drug-likeness (QED) is 0.645. The number of aromatic nitrogens is 2. The highest BCUT2D eigenvalue weighted by Crippen LogP contribution is 2.32. The molecule has 8 heteroatoms. The van der Waals surface area contributed by atoms with E-state index in [1.165, 1.54) is 12.8 Å². The van der Waals surface area contributed by atoms with Crippen LogP contribution in [0.3, 0.4) is 0 Å². The second-order valence-corrected chi connectivity index (χ2v) is 7.87. The van der Waals surface area contributed by atoms with Crippen molar-refractivity contribution in [3.8, 4) is 10.6 Å². The molecule has 0 bridgehead atoms. The minimum Gasteiger partial charge on any atom is -0.476 e. The number of hydrogen-bond acceptors (Lipinski definition) is 6. The van der Waals surface area contributed by atoms with E-state index in [4.69, 9.17) is 0 Å². The van der Waals surface area contributed by atoms with Crippen molar-refractivity contribution in [3.05, 3.63) is 65.6 Å². The number of hydrogen-bond donors (Lipinski definition) is 2. The van der Waals surface area contributed by atoms with Crippen LogP contribution in [0.2, 0.25) is 0 Å². The number of carbonyl (C=O) groups excluding carboxylic acids is 1. The molecule has 1 aromatic carbocycles. The number of rotatable bonds is 6. The van der Waals surface area contributed by atoms with Gasteiger partial charge in [0.05, 0.1) is 0 Å². The van der Waals surface area contributed by atoms with Crippen LogP contribution in [0.5, 0.6) is 0 Å². The van der Waals surface area contributed by atoms with Gasteiger partial charge in [-0.15, -0.1) is 0 Å². The van der Waals surface area contributed by atoms with Crippen molar-refractivity contribution in [2.45, 2.75) is 19.4 Å². The van der Waals surface area contributed by atoms with Gasteiger partial charge in [0.1, 0.15) is 10.0 Å². The zero-order valence-electron chi connectivity index (χ0n) is 15.7. The molecule has 0 radical (unpaired) electrons. The topological polar surface area (TPSA) is 95.4 Å². The highest BCUT2D eigenvalue weighted by Gasteiger charge is 2.21. The lowest BCUT2D eigenvalue weighted by Crippen LogP contribution is -2.18. The second kappa shape index (κ2) is 8.50. The van der Waals surface area contributed by atoms with Gasteiger partial charge in [-0.1, -0.05) is 23.5 Å². The molecule has 1 amide bonds. The predicted octanol–water partition coefficient (Wildman–Crippen LogP) is 3.75. The summed E-state index contributed by atoms with van der Waals surface area (Å²) in [4.78, 5) is 34.7. The molecule has 0 saturated carbocycles. The first-order valence-electron chi connectivity index (χ1n) is 9.37. The SMILES string of the molecule is O=C(Nc1sc(-c2ccncc2)nc1C(=O)O)c1ccc(CN2CCCC2)cc1. The number of aromatic carboxylic acids is 1. The molecule has 148 valence electrons. The Balaban J connectivity index is 1.50. The maximum absolute atomic E-state index is 12.6. The third kappa shape index (κ3) is 4.49. The van der Waals surface area contributed by atoms with Gasteiger partial charge < -0.3 is 10.4 Å². The van der Waals surface area contributed by atoms with E-state index in [1.807, 2.05) is 12.1 Å². The first kappa shape index (κ1) is 19.2. The Labute approximate surface area is 172 Å². The zero-order chi connectivity index (χ0) is 20.2. The van der Waals surface area contributed by atoms with Gasteiger partial charge in [0.15, 0.2) is 5.69 Å². The van der Waals surface area contributed by atoms with Crippen molar-refractivity contribution in [3.63, 3.8) is 0 Å². The van der Waals surface area contributed by atoms with E-state index >= 15 is 0 Å². The van der Waals surface area contributed by atoms with Crippen LogP contribution >= 0.6 is 11.3 Å². The van der Waals surface area contributed by atoms with Gasteiger partial charge in [-0.2, -0.15) is 0 Å². The highest BCUT2D eigenvalue weighted by molar-refractivity contribution is 7.19. The van der Waals surface area contributed by atoms with E-state index < -0.39 is 5.97 Å². The zero-order valence-corrected chi connectivity index (χ0v) is 16.5. The van der Waals surface area contributed by atoms with E-state index in [0.717, 1.165) is 42.1 Å². The number of carboxylic acid groups (broad SMARTS) is 1. The largest absolute Gasteiger partial charge is 0.476 e. The molecule has 0 unspecified atom stereocenters. The number of pyridine rings is 1. The Morgan fingerprint density at radius 1 is 1.07 bits per heavy atom. The van der Waals surface area contributed by atoms with E-state index in [0.29, 0.717) is 10.6 Å². The predicted molar refractivity (Wildman–Crippen MR) is 111 cm³/mol. The lowest BCUT2D eigenvalue weighted by Gasteiger charge is -2.14. The molecule has 4 rings (SSSR count). The maximum atomic E-state index is 12.6. The first-order valence-corrected chi connectivity index (χ1v) is 10.2. The van der Waals surface area contributed by atoms with Gasteiger partial charge in [0.25, 0.3) is 5.91 Å². The van der Waals surface area contributed by atoms with Gasteiger partial charge in [-0.25, -0.2) is 9.78 Å². The summed E-state index contributed by atoms with van der Waals surface area (Å²) in [5.41, 5.74) is 2.22. The molecule has 1 saturated heterocycles. The lowest BCUT2D eigenvalue weighted by atomic mass is 10.1. The molecule has 29 heavy (non-hydrogen) atoms. The average Bonchev–Trinajstić information content (AvgIpc) is 3.39. The fourth-order valence-corrected chi connectivity index (χ4v) is 4.26. The average molecular weight is 408 g/mol. The smallest absolute Gasteiger partial charge is 0.357 e. The molecule has 1 aliphatic heterocycles. The fraction of sp³-hybridized carbons (Fsp3) is 0.238. The summed E-state index contributed by atoms with van der Waals surface area (Å²) in [6.07, 6.45) is 5.70. The number of anilines is 1. The molecule has 3 heterocycles. The molecule has 7 nitrogen and oxygen atoms in total. The van der Waals surface area contributed by atoms with Gasteiger partial charge >= 0.3 is 5.97 Å². The minimum atomic E-state index is -1.18. The van der Waals surface area contributed by atoms with E-state index in [-0.39, 0.29) is 16.6 Å². The van der Waals surface area contributed by atoms with Crippen LogP contribution in [-0.4, -0.2) is 44.9 Å². The Morgan fingerprint density at radius 2 is 1.76 bits per heavy atom. The molecule has 0 atom stereocenters. The van der Waals surface area contributed by atoms with Crippen LogP contribution in [0, 0.1) is 0 Å². The molecular weight excluding hydrogens is 388 g/mol. The van der Waals surface area contributed by atoms with E-state index in [9.17, 15) is 14.7 Å². The first-order chi connectivity index (χ1) is 14.1. The van der Waals surface area contributed by atoms with Gasteiger partial charge in [0, 0.05) is 30.1 Å². The van der Waals surface area contributed by atoms with Gasteiger partial charge in [-0.3, -0.25) is 14.7 Å². The van der Waals surface area contributed by atoms with Crippen LogP contribution in [0.4, 0.5) is 5.00 Å². The molecule has 0 aliphatic carbocycles. The summed E-state index contributed by atoms with van der Waals surface area (Å²) >= 11 is 1.13. The highest BCUT2D eigenvalue weighted by atomic mass is 32.1. The molecule has 2 N–H and O–H groups in total. The number of benzene rings is 1. The molecule has 3 aromatic rings. The van der Waals surface area contributed by atoms with Crippen LogP contribution in [0.1, 0.15) is 39.3 Å². The summed E-state index contributed by atoms with van der Waals surface area (Å²) in [6, 6.07) is 10.9. The summed E-state index contributed by atoms with van der Waals surface area (Å²) in [7, 11) is 0. The third-order valence-electron chi connectivity index (χ3n) is 4.81. The Morgan fingerprint density at radius 3 is 2.41 bits per heavy atom. The molecule has 2 aromatic heterocycles. The van der Waals surface area contributed by atoms with E-state index in [2.05, 4.69) is 20.2 Å². The second-order valence-electron chi connectivity index (χ2n) is 6.87.